The van der Waals surface area contributed by atoms with Crippen molar-refractivity contribution in [2.75, 3.05) is 6.61 Å². The fourth-order valence-electron chi connectivity index (χ4n) is 4.83. The van der Waals surface area contributed by atoms with Gasteiger partial charge in [-0.25, -0.2) is 9.53 Å². The van der Waals surface area contributed by atoms with Crippen molar-refractivity contribution in [3.05, 3.63) is 106 Å². The fourth-order valence-corrected chi connectivity index (χ4v) is 4.83. The average Bonchev–Trinajstić information content (AvgIpc) is 3.33. The van der Waals surface area contributed by atoms with Gasteiger partial charge in [-0.15, -0.1) is 0 Å². The van der Waals surface area contributed by atoms with Crippen molar-refractivity contribution in [3.8, 4) is 22.5 Å². The lowest BCUT2D eigenvalue weighted by Gasteiger charge is -2.20. The molecule has 0 radical (unpaired) electrons. The van der Waals surface area contributed by atoms with Crippen LogP contribution in [0.2, 0.25) is 0 Å². The van der Waals surface area contributed by atoms with Crippen molar-refractivity contribution in [1.29, 1.82) is 0 Å². The Morgan fingerprint density at radius 2 is 1.38 bits per heavy atom. The summed E-state index contributed by atoms with van der Waals surface area (Å²) in [7, 11) is 3.84. The lowest BCUT2D eigenvalue weighted by atomic mass is 9.94. The molecule has 5 rings (SSSR count). The predicted molar refractivity (Wildman–Crippen MR) is 136 cm³/mol. The molecule has 0 spiro atoms. The summed E-state index contributed by atoms with van der Waals surface area (Å²) in [4.78, 5) is 13.3. The molecule has 34 heavy (non-hydrogen) atoms. The molecule has 0 saturated carbocycles. The van der Waals surface area contributed by atoms with Gasteiger partial charge in [-0.1, -0.05) is 85.8 Å². The summed E-state index contributed by atoms with van der Waals surface area (Å²) in [5.74, 6) is 0. The minimum atomic E-state index is -0.589. The molecule has 0 N–H and O–H groups in total. The van der Waals surface area contributed by atoms with Crippen LogP contribution in [-0.4, -0.2) is 15.9 Å². The Morgan fingerprint density at radius 3 is 2.03 bits per heavy atom. The highest BCUT2D eigenvalue weighted by Gasteiger charge is 2.32. The number of nitrogens with zero attached hydrogens (tertiary/aromatic N) is 2. The van der Waals surface area contributed by atoms with E-state index in [1.165, 1.54) is 0 Å². The second kappa shape index (κ2) is 9.20. The van der Waals surface area contributed by atoms with Crippen LogP contribution in [0.25, 0.3) is 33.4 Å². The van der Waals surface area contributed by atoms with Crippen molar-refractivity contribution < 1.29 is 9.26 Å². The Hall–Kier alpha value is -3.83. The molecular formula is C29H28N2O3. The van der Waals surface area contributed by atoms with Gasteiger partial charge >= 0.3 is 5.63 Å². The van der Waals surface area contributed by atoms with Crippen LogP contribution in [0, 0.1) is 0 Å². The van der Waals surface area contributed by atoms with Gasteiger partial charge in [0.15, 0.2) is 0 Å². The smallest absolute Gasteiger partial charge is 0.364 e. The highest BCUT2D eigenvalue weighted by Crippen LogP contribution is 2.42. The molecule has 1 atom stereocenters. The SMILES string of the molecule is CCCOC(c1c(-c2ccccc2)n(C)oc1=O)c1c(-c2ccccc2)n(C)c2ccccc12. The van der Waals surface area contributed by atoms with E-state index in [1.807, 2.05) is 60.7 Å². The lowest BCUT2D eigenvalue weighted by molar-refractivity contribution is 0.0807. The van der Waals surface area contributed by atoms with Crippen LogP contribution in [-0.2, 0) is 18.8 Å². The third-order valence-electron chi connectivity index (χ3n) is 6.26. The summed E-state index contributed by atoms with van der Waals surface area (Å²) in [5, 5.41) is 1.06. The van der Waals surface area contributed by atoms with Gasteiger partial charge in [0.2, 0.25) is 0 Å². The van der Waals surface area contributed by atoms with Gasteiger partial charge in [0.05, 0.1) is 17.0 Å². The number of hydrogen-bond donors (Lipinski definition) is 0. The summed E-state index contributed by atoms with van der Waals surface area (Å²) in [6.07, 6.45) is 0.245. The highest BCUT2D eigenvalue weighted by atomic mass is 16.5. The fraction of sp³-hybridized carbons (Fsp3) is 0.207. The number of ether oxygens (including phenoxy) is 1. The van der Waals surface area contributed by atoms with E-state index in [4.69, 9.17) is 9.26 Å². The maximum absolute atomic E-state index is 13.3. The Bertz CT molecular complexity index is 1480. The summed E-state index contributed by atoms with van der Waals surface area (Å²) >= 11 is 0. The molecule has 0 saturated heterocycles. The van der Waals surface area contributed by atoms with Crippen molar-refractivity contribution >= 4 is 10.9 Å². The van der Waals surface area contributed by atoms with Crippen LogP contribution in [0.15, 0.2) is 94.2 Å². The van der Waals surface area contributed by atoms with Gasteiger partial charge in [-0.3, -0.25) is 0 Å². The molecule has 0 amide bonds. The van der Waals surface area contributed by atoms with Gasteiger partial charge in [-0.2, -0.15) is 0 Å². The molecule has 2 heterocycles. The van der Waals surface area contributed by atoms with E-state index >= 15 is 0 Å². The Labute approximate surface area is 198 Å². The van der Waals surface area contributed by atoms with Gasteiger partial charge in [-0.05, 0) is 18.1 Å². The zero-order valence-electron chi connectivity index (χ0n) is 19.7. The molecule has 5 aromatic rings. The second-order valence-corrected chi connectivity index (χ2v) is 8.46. The maximum Gasteiger partial charge on any atom is 0.364 e. The summed E-state index contributed by atoms with van der Waals surface area (Å²) in [6.45, 7) is 2.59. The van der Waals surface area contributed by atoms with E-state index in [0.717, 1.165) is 45.4 Å². The first-order valence-corrected chi connectivity index (χ1v) is 11.6. The third kappa shape index (κ3) is 3.68. The number of aryl methyl sites for hydroxylation is 2. The lowest BCUT2D eigenvalue weighted by Crippen LogP contribution is -2.16. The van der Waals surface area contributed by atoms with E-state index in [0.29, 0.717) is 12.2 Å². The van der Waals surface area contributed by atoms with Gasteiger partial charge < -0.3 is 13.8 Å². The van der Waals surface area contributed by atoms with Crippen molar-refractivity contribution in [2.45, 2.75) is 19.4 Å². The zero-order valence-corrected chi connectivity index (χ0v) is 19.7. The van der Waals surface area contributed by atoms with Crippen LogP contribution in [0.5, 0.6) is 0 Å². The highest BCUT2D eigenvalue weighted by molar-refractivity contribution is 5.93. The van der Waals surface area contributed by atoms with Crippen LogP contribution in [0.1, 0.15) is 30.6 Å². The normalized spacial score (nSPS) is 12.3. The average molecular weight is 453 g/mol. The molecule has 2 aromatic heterocycles. The monoisotopic (exact) mass is 452 g/mol. The molecule has 0 aliphatic heterocycles. The Morgan fingerprint density at radius 1 is 0.794 bits per heavy atom. The molecule has 0 aliphatic carbocycles. The number of aromatic nitrogens is 2. The van der Waals surface area contributed by atoms with Crippen LogP contribution < -0.4 is 5.63 Å². The standard InChI is InChI=1S/C29H28N2O3/c1-4-19-33-28(25-27(31(3)34-29(25)32)21-15-9-6-10-16-21)24-22-17-11-12-18-23(22)30(2)26(24)20-13-7-5-8-14-20/h5-18,28H,4,19H2,1-3H3. The van der Waals surface area contributed by atoms with Gasteiger partial charge in [0.1, 0.15) is 6.10 Å². The molecule has 0 aliphatic rings. The maximum atomic E-state index is 13.3. The van der Waals surface area contributed by atoms with Crippen molar-refractivity contribution in [3.63, 3.8) is 0 Å². The summed E-state index contributed by atoms with van der Waals surface area (Å²) < 4.78 is 15.9. The number of fused-ring (bicyclic) bond motifs is 1. The van der Waals surface area contributed by atoms with Crippen molar-refractivity contribution in [1.82, 2.24) is 9.31 Å². The zero-order chi connectivity index (χ0) is 23.7. The largest absolute Gasteiger partial charge is 0.368 e. The minimum Gasteiger partial charge on any atom is -0.368 e. The first kappa shape index (κ1) is 22.0. The van der Waals surface area contributed by atoms with Crippen LogP contribution in [0.4, 0.5) is 0 Å². The molecule has 3 aromatic carbocycles. The molecular weight excluding hydrogens is 424 g/mol. The summed E-state index contributed by atoms with van der Waals surface area (Å²) in [6, 6.07) is 28.4. The number of rotatable bonds is 7. The molecule has 0 bridgehead atoms. The molecule has 5 nitrogen and oxygen atoms in total. The molecule has 172 valence electrons. The third-order valence-corrected chi connectivity index (χ3v) is 6.26. The van der Waals surface area contributed by atoms with Gasteiger partial charge in [0.25, 0.3) is 0 Å². The van der Waals surface area contributed by atoms with E-state index in [-0.39, 0.29) is 5.63 Å². The van der Waals surface area contributed by atoms with Crippen molar-refractivity contribution in [2.24, 2.45) is 14.1 Å². The predicted octanol–water partition coefficient (Wildman–Crippen LogP) is 6.32. The Kier molecular flexibility index (Phi) is 5.95. The first-order valence-electron chi connectivity index (χ1n) is 11.6. The van der Waals surface area contributed by atoms with E-state index < -0.39 is 6.10 Å². The number of benzene rings is 3. The summed E-state index contributed by atoms with van der Waals surface area (Å²) in [5.41, 5.74) is 5.96. The number of hydrogen-bond acceptors (Lipinski definition) is 3. The quantitative estimate of drug-likeness (QED) is 0.290. The first-order chi connectivity index (χ1) is 16.6. The topological polar surface area (TPSA) is 49.3 Å². The second-order valence-electron chi connectivity index (χ2n) is 8.46. The number of para-hydroxylation sites is 1. The van der Waals surface area contributed by atoms with E-state index in [9.17, 15) is 4.79 Å². The molecule has 0 fully saturated rings. The molecule has 1 unspecified atom stereocenters. The van der Waals surface area contributed by atoms with E-state index in [2.05, 4.69) is 42.8 Å². The van der Waals surface area contributed by atoms with Gasteiger partial charge in [0, 0.05) is 42.7 Å². The molecule has 5 heteroatoms. The Balaban J connectivity index is 1.85. The van der Waals surface area contributed by atoms with Crippen LogP contribution in [0.3, 0.4) is 0 Å². The van der Waals surface area contributed by atoms with Crippen LogP contribution >= 0.6 is 0 Å². The van der Waals surface area contributed by atoms with E-state index in [1.54, 1.807) is 11.8 Å². The minimum absolute atomic E-state index is 0.380.